The number of nitrogens with one attached hydrogen (secondary N) is 6. The van der Waals surface area contributed by atoms with E-state index < -0.39 is 130 Å². The van der Waals surface area contributed by atoms with Crippen LogP contribution in [-0.2, 0) is 74.0 Å². The predicted molar refractivity (Wildman–Crippen MR) is 373 cm³/mol. The van der Waals surface area contributed by atoms with Crippen molar-refractivity contribution in [2.24, 2.45) is 22.3 Å². The molecule has 2 aliphatic carbocycles. The maximum Gasteiger partial charge on any atom is 1.00 e. The number of para-hydroxylation sites is 2. The van der Waals surface area contributed by atoms with E-state index in [4.69, 9.17) is 11.5 Å². The number of amides is 4. The summed E-state index contributed by atoms with van der Waals surface area (Å²) < 4.78 is 83.9. The first-order chi connectivity index (χ1) is 46.5. The number of carbonyl (C=O) groups excluding carboxylic acids is 6. The first-order valence-electron chi connectivity index (χ1n) is 33.2. The molecule has 2 fully saturated rings. The molecule has 12 N–H and O–H groups in total. The van der Waals surface area contributed by atoms with Gasteiger partial charge in [0.1, 0.15) is 51.6 Å². The molecule has 0 spiro atoms. The van der Waals surface area contributed by atoms with E-state index in [1.807, 2.05) is 12.1 Å². The molecule has 2 aromatic heterocycles. The van der Waals surface area contributed by atoms with Crippen LogP contribution in [0.4, 0.5) is 9.59 Å². The Hall–Kier alpha value is -5.91. The Bertz CT molecular complexity index is 3760. The number of carbonyl (C=O) groups is 6. The Kier molecular flexibility index (Phi) is 33.1. The van der Waals surface area contributed by atoms with Crippen molar-refractivity contribution in [1.82, 2.24) is 39.8 Å². The zero-order valence-electron chi connectivity index (χ0n) is 57.8. The second-order valence-electron chi connectivity index (χ2n) is 26.1. The van der Waals surface area contributed by atoms with Crippen LogP contribution in [0.2, 0.25) is 0 Å². The maximum atomic E-state index is 14.4. The summed E-state index contributed by atoms with van der Waals surface area (Å²) in [5, 5.41) is 60.0. The van der Waals surface area contributed by atoms with Crippen molar-refractivity contribution in [1.29, 1.82) is 0 Å². The fraction of sp³-hybridized carbons (Fsp3) is 0.500. The molecule has 2 heterocycles. The molecule has 2 saturated carbocycles. The largest absolute Gasteiger partial charge is 1.00 e. The van der Waals surface area contributed by atoms with Gasteiger partial charge in [-0.05, 0) is 138 Å². The first kappa shape index (κ1) is 84.7. The zero-order chi connectivity index (χ0) is 71.5. The molecule has 0 radical (unpaired) electrons. The number of rotatable bonds is 34. The molecule has 6 aromatic rings. The van der Waals surface area contributed by atoms with Gasteiger partial charge in [-0.1, -0.05) is 136 Å². The van der Waals surface area contributed by atoms with Gasteiger partial charge in [-0.2, -0.15) is 0 Å². The summed E-state index contributed by atoms with van der Waals surface area (Å²) in [6.07, 6.45) is 8.99. The number of hydrogen-bond acceptors (Lipinski definition) is 18. The van der Waals surface area contributed by atoms with Crippen molar-refractivity contribution in [3.63, 3.8) is 0 Å². The fourth-order valence-corrected chi connectivity index (χ4v) is 19.1. The third kappa shape index (κ3) is 23.0. The van der Waals surface area contributed by atoms with E-state index in [0.29, 0.717) is 110 Å². The van der Waals surface area contributed by atoms with Gasteiger partial charge in [-0.15, -0.1) is 0 Å². The van der Waals surface area contributed by atoms with E-state index in [9.17, 15) is 75.2 Å². The molecule has 536 valence electrons. The Labute approximate surface area is 610 Å². The number of nitrogens with two attached hydrogens (primary N) is 2. The molecule has 0 saturated heterocycles. The van der Waals surface area contributed by atoms with Gasteiger partial charge in [0.15, 0.2) is 0 Å². The number of benzene rings is 4. The molecule has 32 heteroatoms. The average Bonchev–Trinajstić information content (AvgIpc) is 1.56. The number of fused-ring (bicyclic) bond motifs is 2. The van der Waals surface area contributed by atoms with Crippen LogP contribution in [-0.4, -0.2) is 145 Å². The maximum absolute atomic E-state index is 14.4. The van der Waals surface area contributed by atoms with E-state index >= 15 is 0 Å². The van der Waals surface area contributed by atoms with Crippen LogP contribution in [0.3, 0.4) is 0 Å². The molecular formula is C68H94Li2N10O16P2S2. The quantitative estimate of drug-likeness (QED) is 0.0120. The number of unbranched alkanes of at least 4 members (excludes halogenated alkanes) is 2. The summed E-state index contributed by atoms with van der Waals surface area (Å²) in [4.78, 5) is 78.5. The molecule has 2 aliphatic rings. The van der Waals surface area contributed by atoms with Gasteiger partial charge in [0.2, 0.25) is 43.7 Å². The molecule has 100 heavy (non-hydrogen) atoms. The number of carboxylic acid groups (broad SMARTS) is 2. The van der Waals surface area contributed by atoms with Crippen LogP contribution < -0.4 is 90.1 Å². The van der Waals surface area contributed by atoms with E-state index in [-0.39, 0.29) is 89.1 Å². The van der Waals surface area contributed by atoms with Gasteiger partial charge in [-0.3, -0.25) is 19.2 Å². The Morgan fingerprint density at radius 2 is 0.830 bits per heavy atom. The standard InChI is InChI=1S/2C34H48N5O8PS.2Li/c2*1-23(20-25-22-39(33(43)44)28-16-7-6-14-26(25)28)36-31(41)34(17-9-10-18-34)32(42)48(45)29(21-24-12-4-3-5-13-24)37-30(40)27(15-8-11-19-35)38-49(2,46)47;;/h2*3-7,12-14,16,22-23,27,29,32,38,42,48H,8-11,15,17-21,35H2,1-2H3,(H,36,41)(H,37,40)(H,43,44);;/q;;2*+1/p-2/t2*23-,27+,29-,32?;;/m11../s1. The monoisotopic (exact) mass is 1450 g/mol. The van der Waals surface area contributed by atoms with E-state index in [1.54, 1.807) is 111 Å². The Balaban J connectivity index is 0.000000353. The van der Waals surface area contributed by atoms with Gasteiger partial charge >= 0.3 is 37.7 Å². The summed E-state index contributed by atoms with van der Waals surface area (Å²) in [5.74, 6) is -7.60. The molecule has 10 atom stereocenters. The second-order valence-corrected chi connectivity index (χ2v) is 33.7. The summed E-state index contributed by atoms with van der Waals surface area (Å²) in [7, 11) is -13.9. The number of hydrogen-bond donors (Lipinski definition) is 10. The summed E-state index contributed by atoms with van der Waals surface area (Å²) in [6.45, 7) is 4.30. The van der Waals surface area contributed by atoms with Crippen molar-refractivity contribution in [3.05, 3.63) is 144 Å². The van der Waals surface area contributed by atoms with Crippen LogP contribution in [0.1, 0.15) is 126 Å². The SMILES string of the molecule is C[C@H](Cc1cn(C(=O)[O-])c2ccccc12)NC(=O)C1(C(O)[PH](=O)[C@H](Cc2ccccc2)NC(=O)[C@H](CCCCN)NS(C)(=O)=O)CCCC1.C[C@H](Cc1cn(C(=O)[O-])c2ccccc12)NC(=O)C1(C(O)[PH](=O)[C@H](Cc2ccccc2)NC(=O)[C@H](CCCCN)NS(C)(=O)=O)CCCC1.[Li+].[Li+]. The van der Waals surface area contributed by atoms with Gasteiger partial charge in [0.05, 0.1) is 45.9 Å². The molecule has 0 bridgehead atoms. The topological polar surface area (TPSA) is 425 Å². The Morgan fingerprint density at radius 3 is 1.14 bits per heavy atom. The second kappa shape index (κ2) is 39.1. The number of nitrogens with zero attached hydrogens (tertiary/aromatic N) is 2. The predicted octanol–water partition coefficient (Wildman–Crippen LogP) is -1.89. The number of aliphatic hydroxyl groups excluding tert-OH is 2. The molecule has 8 rings (SSSR count). The third-order valence-corrected chi connectivity index (χ3v) is 24.1. The van der Waals surface area contributed by atoms with Gasteiger partial charge in [0.25, 0.3) is 0 Å². The van der Waals surface area contributed by atoms with Crippen molar-refractivity contribution < 1.29 is 113 Å². The Morgan fingerprint density at radius 1 is 0.510 bits per heavy atom. The van der Waals surface area contributed by atoms with E-state index in [1.165, 1.54) is 12.4 Å². The number of sulfonamides is 2. The summed E-state index contributed by atoms with van der Waals surface area (Å²) >= 11 is 0. The first-order valence-corrected chi connectivity index (χ1v) is 40.1. The minimum absolute atomic E-state index is 0. The van der Waals surface area contributed by atoms with Crippen LogP contribution in [0, 0.1) is 10.8 Å². The van der Waals surface area contributed by atoms with Crippen LogP contribution >= 0.6 is 15.6 Å². The van der Waals surface area contributed by atoms with Crippen molar-refractivity contribution >= 4 is 93.3 Å². The van der Waals surface area contributed by atoms with Crippen molar-refractivity contribution in [2.45, 2.75) is 177 Å². The normalized spacial score (nSPS) is 17.2. The summed E-state index contributed by atoms with van der Waals surface area (Å²) in [6, 6.07) is 28.7. The van der Waals surface area contributed by atoms with Gasteiger partial charge in [-0.25, -0.2) is 26.3 Å². The minimum Gasteiger partial charge on any atom is -0.529 e. The molecule has 0 aliphatic heterocycles. The smallest absolute Gasteiger partial charge is 0.529 e. The van der Waals surface area contributed by atoms with Crippen LogP contribution in [0.15, 0.2) is 122 Å². The molecule has 26 nitrogen and oxygen atoms in total. The van der Waals surface area contributed by atoms with Gasteiger partial charge < -0.3 is 81.0 Å². The number of aromatic nitrogens is 2. The van der Waals surface area contributed by atoms with Crippen LogP contribution in [0.25, 0.3) is 21.8 Å². The molecule has 4 aromatic carbocycles. The van der Waals surface area contributed by atoms with Crippen molar-refractivity contribution in [3.8, 4) is 0 Å². The molecular weight excluding hydrogens is 1350 g/mol. The molecule has 4 amide bonds. The number of aliphatic hydroxyl groups is 2. The summed E-state index contributed by atoms with van der Waals surface area (Å²) in [5.41, 5.74) is 12.2. The minimum atomic E-state index is -3.77. The van der Waals surface area contributed by atoms with Crippen molar-refractivity contribution in [2.75, 3.05) is 25.6 Å². The third-order valence-electron chi connectivity index (χ3n) is 18.4. The van der Waals surface area contributed by atoms with E-state index in [2.05, 4.69) is 30.7 Å². The molecule has 4 unspecified atom stereocenters. The van der Waals surface area contributed by atoms with Crippen LogP contribution in [0.5, 0.6) is 0 Å². The fourth-order valence-electron chi connectivity index (χ4n) is 13.5. The van der Waals surface area contributed by atoms with Gasteiger partial charge in [0, 0.05) is 35.2 Å². The average molecular weight is 1450 g/mol. The van der Waals surface area contributed by atoms with E-state index in [0.717, 1.165) is 32.8 Å². The zero-order valence-corrected chi connectivity index (χ0v) is 61.4.